The Balaban J connectivity index is 1.16. The highest BCUT2D eigenvalue weighted by Gasteiger charge is 2.16. The Morgan fingerprint density at radius 3 is 2.57 bits per heavy atom. The summed E-state index contributed by atoms with van der Waals surface area (Å²) in [4.78, 5) is 37.0. The molecule has 0 amide bonds. The maximum absolute atomic E-state index is 15.3. The summed E-state index contributed by atoms with van der Waals surface area (Å²) in [6, 6.07) is 15.9. The summed E-state index contributed by atoms with van der Waals surface area (Å²) < 4.78 is 46.8. The Morgan fingerprint density at radius 1 is 0.955 bits per heavy atom. The molecular formula is C33H28F2N4O5. The molecule has 11 heteroatoms. The van der Waals surface area contributed by atoms with Gasteiger partial charge >= 0.3 is 0 Å². The number of halogens is 2. The molecule has 0 spiro atoms. The standard InChI is InChI=1S/C33H28F2N4O5/c34-23-5-3-22(4-6-23)18-29(40)25-2-1-11-39(33(25)41)24-7-8-31(27(35)19-24)44-30-9-10-36-28-20-32(37-21-26(28)30)43-17-14-38-12-15-42-16-13-38/h1-11,19-21H,12-18H2. The van der Waals surface area contributed by atoms with E-state index >= 15 is 4.39 Å². The molecule has 6 rings (SSSR count). The topological polar surface area (TPSA) is 95.8 Å². The van der Waals surface area contributed by atoms with Gasteiger partial charge in [0.05, 0.1) is 35.4 Å². The number of rotatable bonds is 10. The zero-order valence-electron chi connectivity index (χ0n) is 23.6. The van der Waals surface area contributed by atoms with Crippen LogP contribution in [-0.4, -0.2) is 64.7 Å². The van der Waals surface area contributed by atoms with E-state index in [2.05, 4.69) is 14.9 Å². The van der Waals surface area contributed by atoms with Crippen LogP contribution in [0.4, 0.5) is 8.78 Å². The Morgan fingerprint density at radius 2 is 1.77 bits per heavy atom. The lowest BCUT2D eigenvalue weighted by molar-refractivity contribution is 0.0320. The number of Topliss-reactive ketones (excluding diaryl/α,β-unsaturated/α-hetero) is 1. The molecule has 5 aromatic rings. The lowest BCUT2D eigenvalue weighted by Gasteiger charge is -2.26. The number of hydrogen-bond donors (Lipinski definition) is 0. The van der Waals surface area contributed by atoms with Gasteiger partial charge in [-0.25, -0.2) is 13.8 Å². The van der Waals surface area contributed by atoms with Crippen molar-refractivity contribution in [3.05, 3.63) is 118 Å². The second-order valence-corrected chi connectivity index (χ2v) is 10.2. The van der Waals surface area contributed by atoms with Crippen LogP contribution in [0.2, 0.25) is 0 Å². The van der Waals surface area contributed by atoms with E-state index in [9.17, 15) is 14.0 Å². The van der Waals surface area contributed by atoms with Crippen molar-refractivity contribution in [3.8, 4) is 23.1 Å². The second kappa shape index (κ2) is 13.1. The van der Waals surface area contributed by atoms with E-state index in [0.29, 0.717) is 34.7 Å². The normalized spacial score (nSPS) is 13.6. The van der Waals surface area contributed by atoms with Crippen molar-refractivity contribution >= 4 is 16.7 Å². The van der Waals surface area contributed by atoms with Gasteiger partial charge in [-0.2, -0.15) is 0 Å². The first-order chi connectivity index (χ1) is 21.4. The molecule has 0 bridgehead atoms. The van der Waals surface area contributed by atoms with E-state index < -0.39 is 23.0 Å². The Labute approximate surface area is 251 Å². The molecule has 0 unspecified atom stereocenters. The number of aromatic nitrogens is 3. The average molecular weight is 599 g/mol. The molecule has 0 saturated carbocycles. The summed E-state index contributed by atoms with van der Waals surface area (Å²) in [6.45, 7) is 4.41. The van der Waals surface area contributed by atoms with Gasteiger partial charge in [0.25, 0.3) is 5.56 Å². The smallest absolute Gasteiger partial charge is 0.265 e. The predicted octanol–water partition coefficient (Wildman–Crippen LogP) is 4.99. The van der Waals surface area contributed by atoms with Crippen molar-refractivity contribution in [3.63, 3.8) is 0 Å². The SMILES string of the molecule is O=C(Cc1ccc(F)cc1)c1cccn(-c2ccc(Oc3ccnc4cc(OCCN5CCOCC5)ncc34)c(F)c2)c1=O. The number of pyridine rings is 3. The molecule has 1 aliphatic heterocycles. The fraction of sp³-hybridized carbons (Fsp3) is 0.212. The minimum absolute atomic E-state index is 0.0576. The number of carbonyl (C=O) groups excluding carboxylic acids is 1. The highest BCUT2D eigenvalue weighted by atomic mass is 19.1. The van der Waals surface area contributed by atoms with Crippen molar-refractivity contribution in [1.82, 2.24) is 19.4 Å². The van der Waals surface area contributed by atoms with Crippen LogP contribution >= 0.6 is 0 Å². The first-order valence-corrected chi connectivity index (χ1v) is 14.1. The third-order valence-corrected chi connectivity index (χ3v) is 7.26. The first-order valence-electron chi connectivity index (χ1n) is 14.1. The van der Waals surface area contributed by atoms with Crippen LogP contribution in [-0.2, 0) is 11.2 Å². The highest BCUT2D eigenvalue weighted by Crippen LogP contribution is 2.31. The van der Waals surface area contributed by atoms with E-state index in [0.717, 1.165) is 38.9 Å². The monoisotopic (exact) mass is 598 g/mol. The maximum Gasteiger partial charge on any atom is 0.265 e. The van der Waals surface area contributed by atoms with E-state index in [1.165, 1.54) is 53.2 Å². The van der Waals surface area contributed by atoms with Crippen LogP contribution in [0, 0.1) is 11.6 Å². The average Bonchev–Trinajstić information content (AvgIpc) is 3.04. The zero-order valence-corrected chi connectivity index (χ0v) is 23.6. The quantitative estimate of drug-likeness (QED) is 0.208. The number of ketones is 1. The van der Waals surface area contributed by atoms with Gasteiger partial charge in [-0.1, -0.05) is 12.1 Å². The fourth-order valence-corrected chi connectivity index (χ4v) is 4.90. The maximum atomic E-state index is 15.3. The Kier molecular flexibility index (Phi) is 8.67. The minimum atomic E-state index is -0.710. The Bertz CT molecular complexity index is 1860. The van der Waals surface area contributed by atoms with E-state index in [1.807, 2.05) is 0 Å². The molecular weight excluding hydrogens is 570 g/mol. The van der Waals surface area contributed by atoms with Gasteiger partial charge in [0.2, 0.25) is 5.88 Å². The van der Waals surface area contributed by atoms with Crippen LogP contribution in [0.25, 0.3) is 16.6 Å². The van der Waals surface area contributed by atoms with E-state index in [1.54, 1.807) is 30.6 Å². The highest BCUT2D eigenvalue weighted by molar-refractivity contribution is 5.97. The molecule has 3 aromatic heterocycles. The van der Waals surface area contributed by atoms with Crippen LogP contribution < -0.4 is 15.0 Å². The summed E-state index contributed by atoms with van der Waals surface area (Å²) in [7, 11) is 0. The number of ether oxygens (including phenoxy) is 3. The van der Waals surface area contributed by atoms with Gasteiger partial charge < -0.3 is 14.2 Å². The molecule has 0 N–H and O–H groups in total. The summed E-state index contributed by atoms with van der Waals surface area (Å²) in [5.74, 6) is -0.849. The molecule has 1 saturated heterocycles. The largest absolute Gasteiger partial charge is 0.476 e. The molecule has 224 valence electrons. The van der Waals surface area contributed by atoms with Gasteiger partial charge in [-0.05, 0) is 48.0 Å². The lowest BCUT2D eigenvalue weighted by Crippen LogP contribution is -2.38. The number of hydrogen-bond acceptors (Lipinski definition) is 8. The number of carbonyl (C=O) groups is 1. The van der Waals surface area contributed by atoms with Gasteiger partial charge in [-0.3, -0.25) is 24.0 Å². The molecule has 0 atom stereocenters. The summed E-state index contributed by atoms with van der Waals surface area (Å²) in [5.41, 5.74) is 0.714. The number of fused-ring (bicyclic) bond motifs is 1. The van der Waals surface area contributed by atoms with Gasteiger partial charge in [-0.15, -0.1) is 0 Å². The molecule has 44 heavy (non-hydrogen) atoms. The van der Waals surface area contributed by atoms with Crippen molar-refractivity contribution < 1.29 is 27.8 Å². The van der Waals surface area contributed by atoms with Crippen LogP contribution in [0.15, 0.2) is 90.1 Å². The number of morpholine rings is 1. The molecule has 2 aromatic carbocycles. The third kappa shape index (κ3) is 6.64. The Hall–Kier alpha value is -5.00. The first kappa shape index (κ1) is 29.1. The van der Waals surface area contributed by atoms with Crippen molar-refractivity contribution in [2.75, 3.05) is 39.5 Å². The zero-order chi connectivity index (χ0) is 30.5. The van der Waals surface area contributed by atoms with Crippen molar-refractivity contribution in [1.29, 1.82) is 0 Å². The molecule has 1 fully saturated rings. The predicted molar refractivity (Wildman–Crippen MR) is 159 cm³/mol. The molecule has 1 aliphatic rings. The van der Waals surface area contributed by atoms with Gasteiger partial charge in [0, 0.05) is 56.8 Å². The van der Waals surface area contributed by atoms with Gasteiger partial charge in [0.15, 0.2) is 17.3 Å². The second-order valence-electron chi connectivity index (χ2n) is 10.2. The lowest BCUT2D eigenvalue weighted by atomic mass is 10.0. The molecule has 0 radical (unpaired) electrons. The summed E-state index contributed by atoms with van der Waals surface area (Å²) >= 11 is 0. The fourth-order valence-electron chi connectivity index (χ4n) is 4.90. The van der Waals surface area contributed by atoms with Gasteiger partial charge in [0.1, 0.15) is 18.2 Å². The summed E-state index contributed by atoms with van der Waals surface area (Å²) in [6.07, 6.45) is 4.50. The number of benzene rings is 2. The van der Waals surface area contributed by atoms with E-state index in [-0.39, 0.29) is 23.4 Å². The van der Waals surface area contributed by atoms with Crippen molar-refractivity contribution in [2.45, 2.75) is 6.42 Å². The molecule has 4 heterocycles. The summed E-state index contributed by atoms with van der Waals surface area (Å²) in [5, 5.41) is 0.570. The van der Waals surface area contributed by atoms with Crippen molar-refractivity contribution in [2.24, 2.45) is 0 Å². The molecule has 0 aliphatic carbocycles. The van der Waals surface area contributed by atoms with Crippen LogP contribution in [0.3, 0.4) is 0 Å². The number of nitrogens with zero attached hydrogens (tertiary/aromatic N) is 4. The van der Waals surface area contributed by atoms with Crippen LogP contribution in [0.1, 0.15) is 15.9 Å². The third-order valence-electron chi connectivity index (χ3n) is 7.26. The molecule has 9 nitrogen and oxygen atoms in total. The van der Waals surface area contributed by atoms with Crippen LogP contribution in [0.5, 0.6) is 17.4 Å². The minimum Gasteiger partial charge on any atom is -0.476 e. The van der Waals surface area contributed by atoms with E-state index in [4.69, 9.17) is 14.2 Å².